The average Bonchev–Trinajstić information content (AvgIpc) is 3.48. The first-order valence-corrected chi connectivity index (χ1v) is 11.2. The number of fused-ring (bicyclic) bond motifs is 1. The van der Waals surface area contributed by atoms with E-state index in [0.29, 0.717) is 11.6 Å². The second kappa shape index (κ2) is 9.44. The molecule has 2 aromatic heterocycles. The van der Waals surface area contributed by atoms with Gasteiger partial charge < -0.3 is 10.4 Å². The smallest absolute Gasteiger partial charge is 0.137 e. The molecule has 1 atom stereocenters. The Morgan fingerprint density at radius 1 is 0.971 bits per heavy atom. The molecular weight excluding hydrogens is 474 g/mol. The van der Waals surface area contributed by atoms with Gasteiger partial charge in [0.2, 0.25) is 0 Å². The molecule has 0 aliphatic heterocycles. The number of nitrogens with one attached hydrogen (secondary N) is 1. The lowest BCUT2D eigenvalue weighted by atomic mass is 9.92. The molecule has 0 amide bonds. The molecular formula is C25H21ClF2N6O. The largest absolute Gasteiger partial charge is 0.381 e. The van der Waals surface area contributed by atoms with Gasteiger partial charge in [0.25, 0.3) is 0 Å². The van der Waals surface area contributed by atoms with Gasteiger partial charge in [-0.3, -0.25) is 4.68 Å². The maximum atomic E-state index is 14.8. The number of nitrogens with zero attached hydrogens (tertiary/aromatic N) is 5. The first kappa shape index (κ1) is 22.9. The summed E-state index contributed by atoms with van der Waals surface area (Å²) in [6.45, 7) is 0.388. The van der Waals surface area contributed by atoms with Gasteiger partial charge in [-0.15, -0.1) is 0 Å². The van der Waals surface area contributed by atoms with Crippen LogP contribution in [0.2, 0.25) is 5.02 Å². The van der Waals surface area contributed by atoms with E-state index in [-0.39, 0.29) is 18.7 Å². The number of benzene rings is 3. The van der Waals surface area contributed by atoms with Crippen molar-refractivity contribution in [3.05, 3.63) is 107 Å². The van der Waals surface area contributed by atoms with Gasteiger partial charge in [0.1, 0.15) is 29.9 Å². The van der Waals surface area contributed by atoms with Crippen LogP contribution in [0.25, 0.3) is 10.9 Å². The van der Waals surface area contributed by atoms with Crippen molar-refractivity contribution in [2.75, 3.05) is 5.32 Å². The van der Waals surface area contributed by atoms with Crippen LogP contribution < -0.4 is 5.32 Å². The van der Waals surface area contributed by atoms with Crippen molar-refractivity contribution in [2.24, 2.45) is 0 Å². The number of hydrogen-bond acceptors (Lipinski definition) is 5. The maximum Gasteiger partial charge on any atom is 0.137 e. The summed E-state index contributed by atoms with van der Waals surface area (Å²) in [5.41, 5.74) is 0.816. The zero-order valence-corrected chi connectivity index (χ0v) is 19.2. The van der Waals surface area contributed by atoms with Crippen LogP contribution in [-0.4, -0.2) is 29.7 Å². The Morgan fingerprint density at radius 2 is 1.80 bits per heavy atom. The van der Waals surface area contributed by atoms with Crippen molar-refractivity contribution in [1.29, 1.82) is 0 Å². The zero-order valence-electron chi connectivity index (χ0n) is 18.4. The highest BCUT2D eigenvalue weighted by molar-refractivity contribution is 6.30. The molecule has 178 valence electrons. The quantitative estimate of drug-likeness (QED) is 0.325. The predicted octanol–water partition coefficient (Wildman–Crippen LogP) is 4.76. The van der Waals surface area contributed by atoms with Crippen LogP contribution in [0, 0.1) is 11.6 Å². The fraction of sp³-hybridized carbons (Fsp3) is 0.160. The fourth-order valence-electron chi connectivity index (χ4n) is 4.03. The van der Waals surface area contributed by atoms with Gasteiger partial charge in [-0.05, 0) is 42.0 Å². The number of hydrogen-bond donors (Lipinski definition) is 2. The molecule has 0 aliphatic rings. The summed E-state index contributed by atoms with van der Waals surface area (Å²) in [5, 5.41) is 25.0. The third kappa shape index (κ3) is 5.01. The molecule has 35 heavy (non-hydrogen) atoms. The van der Waals surface area contributed by atoms with Crippen LogP contribution in [0.4, 0.5) is 14.5 Å². The summed E-state index contributed by atoms with van der Waals surface area (Å²) in [6.07, 6.45) is 4.42. The molecule has 2 heterocycles. The molecule has 5 rings (SSSR count). The molecule has 0 spiro atoms. The van der Waals surface area contributed by atoms with Crippen LogP contribution in [-0.2, 0) is 25.2 Å². The van der Waals surface area contributed by atoms with Gasteiger partial charge in [0.05, 0.1) is 24.8 Å². The van der Waals surface area contributed by atoms with Gasteiger partial charge in [0.15, 0.2) is 0 Å². The molecule has 7 nitrogen and oxygen atoms in total. The van der Waals surface area contributed by atoms with E-state index in [1.165, 1.54) is 23.4 Å². The summed E-state index contributed by atoms with van der Waals surface area (Å²) < 4.78 is 31.3. The summed E-state index contributed by atoms with van der Waals surface area (Å²) in [6, 6.07) is 16.4. The zero-order chi connectivity index (χ0) is 24.4. The van der Waals surface area contributed by atoms with E-state index in [0.717, 1.165) is 34.3 Å². The number of aromatic nitrogens is 5. The molecule has 0 fully saturated rings. The van der Waals surface area contributed by atoms with Crippen LogP contribution in [0.3, 0.4) is 0 Å². The lowest BCUT2D eigenvalue weighted by Gasteiger charge is -2.29. The average molecular weight is 495 g/mol. The first-order chi connectivity index (χ1) is 16.9. The molecule has 0 bridgehead atoms. The molecule has 0 aliphatic carbocycles. The Balaban J connectivity index is 1.46. The highest BCUT2D eigenvalue weighted by atomic mass is 35.5. The lowest BCUT2D eigenvalue weighted by molar-refractivity contribution is -0.00734. The second-order valence-electron chi connectivity index (χ2n) is 8.30. The van der Waals surface area contributed by atoms with E-state index in [4.69, 9.17) is 11.6 Å². The Hall–Kier alpha value is -3.82. The van der Waals surface area contributed by atoms with Crippen molar-refractivity contribution >= 4 is 28.2 Å². The summed E-state index contributed by atoms with van der Waals surface area (Å²) in [5.74, 6) is -1.58. The standard InChI is InChI=1S/C25H21ClF2N6O/c26-19-4-1-17(2-5-19)11-30-21-7-3-18-12-31-34(24(18)10-21)14-25(35,13-33-16-29-15-32-33)22-8-6-20(27)9-23(22)28/h1-10,12,15-16,30,35H,11,13-14H2. The van der Waals surface area contributed by atoms with Crippen LogP contribution in [0.1, 0.15) is 11.1 Å². The van der Waals surface area contributed by atoms with Crippen molar-refractivity contribution in [3.8, 4) is 0 Å². The predicted molar refractivity (Wildman–Crippen MR) is 129 cm³/mol. The summed E-state index contributed by atoms with van der Waals surface area (Å²) >= 11 is 5.96. The van der Waals surface area contributed by atoms with Crippen molar-refractivity contribution in [3.63, 3.8) is 0 Å². The van der Waals surface area contributed by atoms with Crippen molar-refractivity contribution < 1.29 is 13.9 Å². The molecule has 3 aromatic carbocycles. The highest BCUT2D eigenvalue weighted by Gasteiger charge is 2.35. The van der Waals surface area contributed by atoms with Crippen molar-refractivity contribution in [2.45, 2.75) is 25.2 Å². The second-order valence-corrected chi connectivity index (χ2v) is 8.74. The third-order valence-corrected chi connectivity index (χ3v) is 6.04. The van der Waals surface area contributed by atoms with Gasteiger partial charge in [-0.25, -0.2) is 18.4 Å². The Labute approximate surface area is 204 Å². The normalized spacial score (nSPS) is 13.1. The van der Waals surface area contributed by atoms with E-state index in [1.54, 1.807) is 10.9 Å². The molecule has 1 unspecified atom stereocenters. The molecule has 0 saturated carbocycles. The van der Waals surface area contributed by atoms with Gasteiger partial charge in [0, 0.05) is 34.3 Å². The number of anilines is 1. The minimum atomic E-state index is -1.78. The van der Waals surface area contributed by atoms with Gasteiger partial charge in [-0.1, -0.05) is 29.8 Å². The van der Waals surface area contributed by atoms with E-state index in [2.05, 4.69) is 20.5 Å². The third-order valence-electron chi connectivity index (χ3n) is 5.79. The van der Waals surface area contributed by atoms with Gasteiger partial charge in [-0.2, -0.15) is 10.2 Å². The maximum absolute atomic E-state index is 14.8. The lowest BCUT2D eigenvalue weighted by Crippen LogP contribution is -2.37. The topological polar surface area (TPSA) is 80.8 Å². The van der Waals surface area contributed by atoms with Crippen LogP contribution in [0.5, 0.6) is 0 Å². The number of halogens is 3. The first-order valence-electron chi connectivity index (χ1n) is 10.8. The summed E-state index contributed by atoms with van der Waals surface area (Å²) in [4.78, 5) is 3.89. The molecule has 0 radical (unpaired) electrons. The number of rotatable bonds is 8. The van der Waals surface area contributed by atoms with Crippen LogP contribution in [0.15, 0.2) is 79.5 Å². The molecule has 5 aromatic rings. The monoisotopic (exact) mass is 494 g/mol. The molecule has 2 N–H and O–H groups in total. The fourth-order valence-corrected chi connectivity index (χ4v) is 4.16. The van der Waals surface area contributed by atoms with E-state index in [1.807, 2.05) is 42.5 Å². The minimum Gasteiger partial charge on any atom is -0.381 e. The van der Waals surface area contributed by atoms with Crippen molar-refractivity contribution in [1.82, 2.24) is 24.5 Å². The Bertz CT molecular complexity index is 1460. The highest BCUT2D eigenvalue weighted by Crippen LogP contribution is 2.30. The molecule has 0 saturated heterocycles. The van der Waals surface area contributed by atoms with E-state index >= 15 is 0 Å². The molecule has 10 heteroatoms. The minimum absolute atomic E-state index is 0.0601. The van der Waals surface area contributed by atoms with Gasteiger partial charge >= 0.3 is 0 Å². The SMILES string of the molecule is OC(Cn1cncn1)(Cn1ncc2ccc(NCc3ccc(Cl)cc3)cc21)c1ccc(F)cc1F. The van der Waals surface area contributed by atoms with E-state index < -0.39 is 17.2 Å². The Morgan fingerprint density at radius 3 is 2.54 bits per heavy atom. The van der Waals surface area contributed by atoms with E-state index in [9.17, 15) is 13.9 Å². The number of aliphatic hydroxyl groups is 1. The Kier molecular flexibility index (Phi) is 6.19. The summed E-state index contributed by atoms with van der Waals surface area (Å²) in [7, 11) is 0. The van der Waals surface area contributed by atoms with Crippen LogP contribution >= 0.6 is 11.6 Å².